The van der Waals surface area contributed by atoms with Crippen molar-refractivity contribution in [3.63, 3.8) is 0 Å². The van der Waals surface area contributed by atoms with E-state index in [0.29, 0.717) is 12.0 Å². The van der Waals surface area contributed by atoms with E-state index in [1.807, 2.05) is 36.4 Å². The molecule has 0 saturated carbocycles. The van der Waals surface area contributed by atoms with Crippen molar-refractivity contribution in [1.29, 1.82) is 0 Å². The average molecular weight is 762 g/mol. The van der Waals surface area contributed by atoms with Gasteiger partial charge in [-0.25, -0.2) is 28.6 Å². The third-order valence-electron chi connectivity index (χ3n) is 8.19. The van der Waals surface area contributed by atoms with Crippen LogP contribution in [0.25, 0.3) is 11.3 Å². The molecule has 0 atom stereocenters. The summed E-state index contributed by atoms with van der Waals surface area (Å²) in [7, 11) is 1.20. The van der Waals surface area contributed by atoms with E-state index in [0.717, 1.165) is 12.1 Å². The minimum Gasteiger partial charge on any atom is -0.478 e. The number of nitrogens with zero attached hydrogens (tertiary/aromatic N) is 6. The van der Waals surface area contributed by atoms with Gasteiger partial charge in [-0.3, -0.25) is 9.59 Å². The molecule has 14 nitrogen and oxygen atoms in total. The van der Waals surface area contributed by atoms with Crippen molar-refractivity contribution in [2.45, 2.75) is 38.5 Å². The zero-order valence-corrected chi connectivity index (χ0v) is 30.4. The van der Waals surface area contributed by atoms with Crippen LogP contribution in [0.15, 0.2) is 85.5 Å². The second-order valence-electron chi connectivity index (χ2n) is 11.4. The minimum absolute atomic E-state index is 0.0161. The predicted molar refractivity (Wildman–Crippen MR) is 193 cm³/mol. The summed E-state index contributed by atoms with van der Waals surface area (Å²) in [5.41, 5.74) is 1.05. The Morgan fingerprint density at radius 3 is 1.81 bits per heavy atom. The van der Waals surface area contributed by atoms with Crippen molar-refractivity contribution in [3.8, 4) is 0 Å². The van der Waals surface area contributed by atoms with Crippen LogP contribution in [-0.2, 0) is 48.5 Å². The van der Waals surface area contributed by atoms with Crippen molar-refractivity contribution in [2.75, 3.05) is 20.3 Å². The molecule has 6 aromatic rings. The smallest absolute Gasteiger partial charge is 0.343 e. The van der Waals surface area contributed by atoms with Crippen LogP contribution in [0.5, 0.6) is 0 Å². The highest BCUT2D eigenvalue weighted by molar-refractivity contribution is 6.35. The summed E-state index contributed by atoms with van der Waals surface area (Å²) in [5, 5.41) is 17.6. The quantitative estimate of drug-likeness (QED) is 0.0924. The van der Waals surface area contributed by atoms with Crippen molar-refractivity contribution < 1.29 is 38.5 Å². The van der Waals surface area contributed by atoms with Crippen LogP contribution in [0.3, 0.4) is 0 Å². The Kier molecular flexibility index (Phi) is 12.4. The third-order valence-corrected chi connectivity index (χ3v) is 8.79. The molecule has 0 fully saturated rings. The molecule has 0 aliphatic carbocycles. The van der Waals surface area contributed by atoms with E-state index in [1.165, 1.54) is 40.4 Å². The van der Waals surface area contributed by atoms with Crippen LogP contribution in [0.1, 0.15) is 57.1 Å². The summed E-state index contributed by atoms with van der Waals surface area (Å²) in [6.07, 6.45) is 3.95. The number of carbonyl (C=O) groups excluding carboxylic acids is 3. The number of ether oxygens (including phenoxy) is 3. The van der Waals surface area contributed by atoms with E-state index < -0.39 is 29.3 Å². The van der Waals surface area contributed by atoms with Gasteiger partial charge < -0.3 is 19.3 Å². The van der Waals surface area contributed by atoms with Gasteiger partial charge in [0.1, 0.15) is 23.8 Å². The normalized spacial score (nSPS) is 11.1. The highest BCUT2D eigenvalue weighted by atomic mass is 35.5. The molecule has 0 radical (unpaired) electrons. The van der Waals surface area contributed by atoms with Crippen LogP contribution >= 0.6 is 23.2 Å². The lowest BCUT2D eigenvalue weighted by atomic mass is 9.77. The Balaban J connectivity index is 0.000000222. The van der Waals surface area contributed by atoms with Crippen molar-refractivity contribution in [1.82, 2.24) is 29.2 Å². The van der Waals surface area contributed by atoms with Crippen LogP contribution in [0, 0.1) is 0 Å². The second kappa shape index (κ2) is 17.1. The fourth-order valence-electron chi connectivity index (χ4n) is 5.78. The van der Waals surface area contributed by atoms with Gasteiger partial charge in [0.2, 0.25) is 5.41 Å². The number of hydrogen-bond donors (Lipinski definition) is 1. The molecule has 0 amide bonds. The molecule has 4 aromatic heterocycles. The summed E-state index contributed by atoms with van der Waals surface area (Å²) >= 11 is 12.5. The minimum atomic E-state index is -1.96. The molecule has 0 aliphatic rings. The summed E-state index contributed by atoms with van der Waals surface area (Å²) in [6, 6.07) is 22.0. The molecule has 0 saturated heterocycles. The van der Waals surface area contributed by atoms with E-state index in [9.17, 15) is 24.3 Å². The van der Waals surface area contributed by atoms with Gasteiger partial charge in [0.05, 0.1) is 36.1 Å². The number of aromatic carboxylic acids is 1. The molecule has 16 heteroatoms. The number of aromatic nitrogens is 6. The van der Waals surface area contributed by atoms with Crippen LogP contribution in [0.4, 0.5) is 0 Å². The van der Waals surface area contributed by atoms with Gasteiger partial charge in [0, 0.05) is 12.1 Å². The Labute approximate surface area is 313 Å². The number of halogens is 2. The van der Waals surface area contributed by atoms with Gasteiger partial charge in [-0.2, -0.15) is 10.2 Å². The molecule has 53 heavy (non-hydrogen) atoms. The SMILES string of the molecule is CCOC(=O)C(Cc1ccccc1)(C(=O)OCC)c1cc(Cl)c(C(=O)OC)c2ncnn12.O=C(O)c1c(Cl)cc(CCc2ccccc2)n2ncnc12. The largest absolute Gasteiger partial charge is 0.478 e. The number of carboxylic acids is 1. The summed E-state index contributed by atoms with van der Waals surface area (Å²) in [5.74, 6) is -3.50. The average Bonchev–Trinajstić information content (AvgIpc) is 3.84. The lowest BCUT2D eigenvalue weighted by molar-refractivity contribution is -0.165. The number of esters is 3. The Bertz CT molecular complexity index is 2240. The van der Waals surface area contributed by atoms with Crippen molar-refractivity contribution in [2.24, 2.45) is 0 Å². The van der Waals surface area contributed by atoms with E-state index in [2.05, 4.69) is 20.2 Å². The number of aryl methyl sites for hydroxylation is 2. The predicted octanol–water partition coefficient (Wildman–Crippen LogP) is 5.64. The number of rotatable bonds is 12. The molecule has 6 rings (SSSR count). The maximum Gasteiger partial charge on any atom is 0.343 e. The number of pyridine rings is 2. The molecule has 4 heterocycles. The number of fused-ring (bicyclic) bond motifs is 2. The van der Waals surface area contributed by atoms with Gasteiger partial charge in [-0.05, 0) is 49.9 Å². The van der Waals surface area contributed by atoms with Gasteiger partial charge in [0.25, 0.3) is 0 Å². The Hall–Kier alpha value is -5.86. The molecule has 0 spiro atoms. The molecule has 0 unspecified atom stereocenters. The van der Waals surface area contributed by atoms with Gasteiger partial charge in [-0.1, -0.05) is 83.9 Å². The third kappa shape index (κ3) is 7.98. The van der Waals surface area contributed by atoms with Gasteiger partial charge >= 0.3 is 23.9 Å². The van der Waals surface area contributed by atoms with E-state index in [-0.39, 0.29) is 57.8 Å². The molecule has 1 N–H and O–H groups in total. The topological polar surface area (TPSA) is 177 Å². The molecular formula is C37H34Cl2N6O8. The first-order chi connectivity index (χ1) is 25.6. The summed E-state index contributed by atoms with van der Waals surface area (Å²) < 4.78 is 18.2. The van der Waals surface area contributed by atoms with E-state index in [4.69, 9.17) is 37.4 Å². The number of carboxylic acid groups (broad SMARTS) is 1. The highest BCUT2D eigenvalue weighted by Crippen LogP contribution is 2.36. The first-order valence-corrected chi connectivity index (χ1v) is 17.1. The fourth-order valence-corrected chi connectivity index (χ4v) is 6.34. The van der Waals surface area contributed by atoms with Crippen LogP contribution < -0.4 is 0 Å². The monoisotopic (exact) mass is 760 g/mol. The van der Waals surface area contributed by atoms with Crippen molar-refractivity contribution in [3.05, 3.63) is 129 Å². The maximum absolute atomic E-state index is 13.4. The summed E-state index contributed by atoms with van der Waals surface area (Å²) in [4.78, 5) is 58.5. The second-order valence-corrected chi connectivity index (χ2v) is 12.2. The van der Waals surface area contributed by atoms with Crippen LogP contribution in [-0.4, -0.2) is 78.5 Å². The number of hydrogen-bond acceptors (Lipinski definition) is 11. The van der Waals surface area contributed by atoms with Crippen LogP contribution in [0.2, 0.25) is 10.0 Å². The number of methoxy groups -OCH3 is 1. The molecule has 0 aliphatic heterocycles. The zero-order chi connectivity index (χ0) is 38.1. The van der Waals surface area contributed by atoms with Gasteiger partial charge in [-0.15, -0.1) is 0 Å². The van der Waals surface area contributed by atoms with E-state index >= 15 is 0 Å². The lowest BCUT2D eigenvalue weighted by Gasteiger charge is -2.30. The van der Waals surface area contributed by atoms with Gasteiger partial charge in [0.15, 0.2) is 11.3 Å². The standard InChI is InChI=1S/C22H22ClN3O6.C15H12ClN3O2/c1-4-31-20(28)22(21(29)32-5-2,12-14-9-7-6-8-10-14)16-11-15(23)17(19(27)30-3)18-24-13-25-26(16)18;16-12-8-11(7-6-10-4-2-1-3-5-10)19-14(17-9-18-19)13(12)15(20)21/h6-11,13H,4-5,12H2,1-3H3;1-5,8-9H,6-7H2,(H,20,21). The fraction of sp³-hybridized carbons (Fsp3) is 0.243. The zero-order valence-electron chi connectivity index (χ0n) is 28.9. The number of carbonyl (C=O) groups is 4. The molecule has 2 aromatic carbocycles. The maximum atomic E-state index is 13.4. The Morgan fingerprint density at radius 2 is 1.26 bits per heavy atom. The molecule has 274 valence electrons. The molecule has 0 bridgehead atoms. The van der Waals surface area contributed by atoms with Crippen molar-refractivity contribution >= 4 is 58.4 Å². The first kappa shape index (κ1) is 38.4. The number of benzene rings is 2. The highest BCUT2D eigenvalue weighted by Gasteiger charge is 2.53. The first-order valence-electron chi connectivity index (χ1n) is 16.3. The lowest BCUT2D eigenvalue weighted by Crippen LogP contribution is -2.49. The van der Waals surface area contributed by atoms with E-state index in [1.54, 1.807) is 44.2 Å². The Morgan fingerprint density at radius 1 is 0.736 bits per heavy atom. The summed E-state index contributed by atoms with van der Waals surface area (Å²) in [6.45, 7) is 3.33. The molecular weight excluding hydrogens is 727 g/mol.